The number of phenolic OH excluding ortho intramolecular Hbond substituents is 1. The van der Waals surface area contributed by atoms with Crippen molar-refractivity contribution in [2.24, 2.45) is 0 Å². The van der Waals surface area contributed by atoms with Gasteiger partial charge in [-0.1, -0.05) is 12.1 Å². The molecule has 0 aromatic heterocycles. The number of hydrogen-bond donors (Lipinski definition) is 1. The number of rotatable bonds is 2. The van der Waals surface area contributed by atoms with Crippen LogP contribution in [0, 0.1) is 11.3 Å². The van der Waals surface area contributed by atoms with Crippen molar-refractivity contribution in [2.75, 3.05) is 19.3 Å². The number of thioether (sulfide) groups is 1. The third kappa shape index (κ3) is 2.69. The largest absolute Gasteiger partial charge is 0.507 e. The first kappa shape index (κ1) is 13.8. The second-order valence-corrected chi connectivity index (χ2v) is 5.81. The average Bonchev–Trinajstić information content (AvgIpc) is 2.47. The fraction of sp³-hybridized carbons (Fsp3) is 0.429. The molecule has 1 aliphatic rings. The molecule has 0 radical (unpaired) electrons. The van der Waals surface area contributed by atoms with E-state index < -0.39 is 0 Å². The smallest absolute Gasteiger partial charge is 0.257 e. The Bertz CT molecular complexity index is 516. The summed E-state index contributed by atoms with van der Waals surface area (Å²) in [6, 6.07) is 8.91. The molecule has 4 nitrogen and oxygen atoms in total. The molecule has 1 N–H and O–H groups in total. The van der Waals surface area contributed by atoms with Gasteiger partial charge in [-0.25, -0.2) is 0 Å². The predicted molar refractivity (Wildman–Crippen MR) is 75.1 cm³/mol. The highest BCUT2D eigenvalue weighted by molar-refractivity contribution is 8.00. The number of carbonyl (C=O) groups excluding carboxylic acids is 1. The number of nitriles is 1. The number of piperidine rings is 1. The zero-order valence-corrected chi connectivity index (χ0v) is 11.6. The van der Waals surface area contributed by atoms with Gasteiger partial charge in [-0.05, 0) is 31.2 Å². The first-order valence-corrected chi connectivity index (χ1v) is 7.38. The highest BCUT2D eigenvalue weighted by Crippen LogP contribution is 2.34. The Morgan fingerprint density at radius 1 is 1.42 bits per heavy atom. The van der Waals surface area contributed by atoms with Crippen LogP contribution in [0.3, 0.4) is 0 Å². The summed E-state index contributed by atoms with van der Waals surface area (Å²) in [6.45, 7) is 1.11. The molecule has 5 heteroatoms. The van der Waals surface area contributed by atoms with Crippen LogP contribution in [0.25, 0.3) is 0 Å². The molecule has 1 aromatic carbocycles. The number of phenols is 1. The number of para-hydroxylation sites is 1. The molecule has 100 valence electrons. The monoisotopic (exact) mass is 276 g/mol. The highest BCUT2D eigenvalue weighted by Gasteiger charge is 2.35. The Labute approximate surface area is 117 Å². The van der Waals surface area contributed by atoms with E-state index in [0.717, 1.165) is 0 Å². The molecule has 2 rings (SSSR count). The zero-order valence-electron chi connectivity index (χ0n) is 10.8. The SMILES string of the molecule is CSC1(C#N)CCN(C(=O)c2ccccc2O)CC1. The summed E-state index contributed by atoms with van der Waals surface area (Å²) in [5.74, 6) is -0.153. The van der Waals surface area contributed by atoms with Crippen molar-refractivity contribution >= 4 is 17.7 Å². The van der Waals surface area contributed by atoms with Gasteiger partial charge in [0.25, 0.3) is 5.91 Å². The molecule has 0 unspecified atom stereocenters. The normalized spacial score (nSPS) is 17.8. The van der Waals surface area contributed by atoms with Gasteiger partial charge in [0.15, 0.2) is 0 Å². The maximum Gasteiger partial charge on any atom is 0.257 e. The first-order valence-electron chi connectivity index (χ1n) is 6.15. The standard InChI is InChI=1S/C14H16N2O2S/c1-19-14(10-15)6-8-16(9-7-14)13(18)11-4-2-3-5-12(11)17/h2-5,17H,6-9H2,1H3. The second kappa shape index (κ2) is 5.54. The van der Waals surface area contributed by atoms with Gasteiger partial charge < -0.3 is 10.0 Å². The van der Waals surface area contributed by atoms with Gasteiger partial charge in [-0.2, -0.15) is 5.26 Å². The topological polar surface area (TPSA) is 64.3 Å². The van der Waals surface area contributed by atoms with Crippen molar-refractivity contribution in [1.82, 2.24) is 4.90 Å². The number of likely N-dealkylation sites (tertiary alicyclic amines) is 1. The van der Waals surface area contributed by atoms with Crippen molar-refractivity contribution in [2.45, 2.75) is 17.6 Å². The molecule has 1 heterocycles. The molecule has 1 saturated heterocycles. The van der Waals surface area contributed by atoms with Gasteiger partial charge >= 0.3 is 0 Å². The minimum atomic E-state index is -0.366. The minimum Gasteiger partial charge on any atom is -0.507 e. The molecule has 1 fully saturated rings. The van der Waals surface area contributed by atoms with Crippen LogP contribution < -0.4 is 0 Å². The lowest BCUT2D eigenvalue weighted by atomic mass is 9.96. The molecular formula is C14H16N2O2S. The number of nitrogens with zero attached hydrogens (tertiary/aromatic N) is 2. The summed E-state index contributed by atoms with van der Waals surface area (Å²) in [7, 11) is 0. The fourth-order valence-corrected chi connectivity index (χ4v) is 2.94. The lowest BCUT2D eigenvalue weighted by Crippen LogP contribution is -2.44. The average molecular weight is 276 g/mol. The van der Waals surface area contributed by atoms with Crippen LogP contribution in [-0.4, -0.2) is 40.0 Å². The van der Waals surface area contributed by atoms with Crippen LogP contribution in [0.2, 0.25) is 0 Å². The number of aromatic hydroxyl groups is 1. The summed E-state index contributed by atoms with van der Waals surface area (Å²) in [6.07, 6.45) is 3.28. The van der Waals surface area contributed by atoms with E-state index in [9.17, 15) is 15.2 Å². The van der Waals surface area contributed by atoms with Gasteiger partial charge in [-0.15, -0.1) is 11.8 Å². The van der Waals surface area contributed by atoms with Crippen molar-refractivity contribution < 1.29 is 9.90 Å². The van der Waals surface area contributed by atoms with Gasteiger partial charge in [0.1, 0.15) is 10.5 Å². The Morgan fingerprint density at radius 2 is 2.05 bits per heavy atom. The van der Waals surface area contributed by atoms with Gasteiger partial charge in [0, 0.05) is 13.1 Å². The summed E-state index contributed by atoms with van der Waals surface area (Å²) in [5.41, 5.74) is 0.330. The molecule has 0 aliphatic carbocycles. The Hall–Kier alpha value is -1.67. The lowest BCUT2D eigenvalue weighted by Gasteiger charge is -2.36. The third-order valence-corrected chi connectivity index (χ3v) is 4.87. The van der Waals surface area contributed by atoms with E-state index in [1.54, 1.807) is 34.9 Å². The van der Waals surface area contributed by atoms with E-state index in [2.05, 4.69) is 6.07 Å². The van der Waals surface area contributed by atoms with Gasteiger partial charge in [0.2, 0.25) is 0 Å². The highest BCUT2D eigenvalue weighted by atomic mass is 32.2. The molecule has 19 heavy (non-hydrogen) atoms. The maximum atomic E-state index is 12.3. The van der Waals surface area contributed by atoms with E-state index in [0.29, 0.717) is 31.5 Å². The van der Waals surface area contributed by atoms with Crippen molar-refractivity contribution in [3.63, 3.8) is 0 Å². The molecule has 1 amide bonds. The predicted octanol–water partition coefficient (Wildman–Crippen LogP) is 2.25. The Kier molecular flexibility index (Phi) is 4.01. The van der Waals surface area contributed by atoms with E-state index in [-0.39, 0.29) is 16.4 Å². The second-order valence-electron chi connectivity index (χ2n) is 4.62. The van der Waals surface area contributed by atoms with E-state index in [1.807, 2.05) is 6.26 Å². The fourth-order valence-electron chi connectivity index (χ4n) is 2.26. The molecule has 1 aliphatic heterocycles. The van der Waals surface area contributed by atoms with Crippen LogP contribution in [0.5, 0.6) is 5.75 Å². The number of amides is 1. The van der Waals surface area contributed by atoms with Crippen LogP contribution in [-0.2, 0) is 0 Å². The van der Waals surface area contributed by atoms with E-state index in [4.69, 9.17) is 0 Å². The lowest BCUT2D eigenvalue weighted by molar-refractivity contribution is 0.0713. The maximum absolute atomic E-state index is 12.3. The third-order valence-electron chi connectivity index (χ3n) is 3.59. The quantitative estimate of drug-likeness (QED) is 0.900. The summed E-state index contributed by atoms with van der Waals surface area (Å²) in [4.78, 5) is 14.0. The Morgan fingerprint density at radius 3 is 2.58 bits per heavy atom. The van der Waals surface area contributed by atoms with Crippen molar-refractivity contribution in [3.8, 4) is 11.8 Å². The first-order chi connectivity index (χ1) is 9.12. The van der Waals surface area contributed by atoms with Gasteiger partial charge in [-0.3, -0.25) is 4.79 Å². The van der Waals surface area contributed by atoms with Gasteiger partial charge in [0.05, 0.1) is 11.6 Å². The van der Waals surface area contributed by atoms with Crippen LogP contribution in [0.1, 0.15) is 23.2 Å². The van der Waals surface area contributed by atoms with Crippen LogP contribution >= 0.6 is 11.8 Å². The Balaban J connectivity index is 2.09. The molecule has 1 aromatic rings. The summed E-state index contributed by atoms with van der Waals surface area (Å²) in [5, 5.41) is 18.9. The van der Waals surface area contributed by atoms with E-state index in [1.165, 1.54) is 6.07 Å². The summed E-state index contributed by atoms with van der Waals surface area (Å²) >= 11 is 1.56. The molecule has 0 atom stereocenters. The van der Waals surface area contributed by atoms with Crippen LogP contribution in [0.4, 0.5) is 0 Å². The number of benzene rings is 1. The molecule has 0 saturated carbocycles. The zero-order chi connectivity index (χ0) is 13.9. The van der Waals surface area contributed by atoms with Crippen molar-refractivity contribution in [1.29, 1.82) is 5.26 Å². The molecular weight excluding hydrogens is 260 g/mol. The number of carbonyl (C=O) groups is 1. The van der Waals surface area contributed by atoms with Crippen LogP contribution in [0.15, 0.2) is 24.3 Å². The van der Waals surface area contributed by atoms with E-state index >= 15 is 0 Å². The molecule has 0 spiro atoms. The molecule has 0 bridgehead atoms. The summed E-state index contributed by atoms with van der Waals surface area (Å²) < 4.78 is -0.366. The minimum absolute atomic E-state index is 0.00878. The van der Waals surface area contributed by atoms with Crippen molar-refractivity contribution in [3.05, 3.63) is 29.8 Å². The number of hydrogen-bond acceptors (Lipinski definition) is 4.